The van der Waals surface area contributed by atoms with Gasteiger partial charge >= 0.3 is 5.69 Å². The first-order valence-corrected chi connectivity index (χ1v) is 7.78. The van der Waals surface area contributed by atoms with Gasteiger partial charge in [0, 0.05) is 33.3 Å². The van der Waals surface area contributed by atoms with Crippen molar-refractivity contribution in [3.8, 4) is 0 Å². The zero-order valence-electron chi connectivity index (χ0n) is 13.7. The van der Waals surface area contributed by atoms with Crippen molar-refractivity contribution in [3.05, 3.63) is 26.9 Å². The van der Waals surface area contributed by atoms with E-state index in [1.54, 1.807) is 13.1 Å². The van der Waals surface area contributed by atoms with Crippen LogP contribution in [0.2, 0.25) is 0 Å². The Balaban J connectivity index is 2.29. The minimum atomic E-state index is -0.538. The highest BCUT2D eigenvalue weighted by Crippen LogP contribution is 2.26. The number of carbonyl (C=O) groups excluding carboxylic acids is 1. The van der Waals surface area contributed by atoms with E-state index in [-0.39, 0.29) is 11.9 Å². The SMILES string of the molecule is Cn1c(=O)c2c(NCC(N)=O)cc(N3CCCC3)nc2n(C)c1=O. The fourth-order valence-corrected chi connectivity index (χ4v) is 2.97. The summed E-state index contributed by atoms with van der Waals surface area (Å²) in [4.78, 5) is 42.5. The monoisotopic (exact) mass is 332 g/mol. The highest BCUT2D eigenvalue weighted by Gasteiger charge is 2.20. The van der Waals surface area contributed by atoms with Crippen molar-refractivity contribution < 1.29 is 4.79 Å². The van der Waals surface area contributed by atoms with Gasteiger partial charge in [-0.25, -0.2) is 9.78 Å². The Bertz CT molecular complexity index is 923. The minimum Gasteiger partial charge on any atom is -0.375 e. The number of hydrogen-bond acceptors (Lipinski definition) is 6. The maximum atomic E-state index is 12.5. The van der Waals surface area contributed by atoms with Gasteiger partial charge in [0.1, 0.15) is 11.2 Å². The summed E-state index contributed by atoms with van der Waals surface area (Å²) >= 11 is 0. The number of anilines is 2. The molecule has 1 aliphatic heterocycles. The molecule has 0 aromatic carbocycles. The summed E-state index contributed by atoms with van der Waals surface area (Å²) in [6.07, 6.45) is 2.14. The zero-order chi connectivity index (χ0) is 17.4. The molecule has 3 heterocycles. The number of hydrogen-bond donors (Lipinski definition) is 2. The lowest BCUT2D eigenvalue weighted by molar-refractivity contribution is -0.116. The normalized spacial score (nSPS) is 14.3. The van der Waals surface area contributed by atoms with E-state index >= 15 is 0 Å². The molecule has 0 saturated carbocycles. The van der Waals surface area contributed by atoms with Crippen LogP contribution in [0, 0.1) is 0 Å². The molecule has 1 fully saturated rings. The van der Waals surface area contributed by atoms with E-state index in [0.29, 0.717) is 17.2 Å². The average Bonchev–Trinajstić information content (AvgIpc) is 3.09. The van der Waals surface area contributed by atoms with Gasteiger partial charge in [0.25, 0.3) is 5.56 Å². The van der Waals surface area contributed by atoms with Crippen LogP contribution in [0.4, 0.5) is 11.5 Å². The van der Waals surface area contributed by atoms with Crippen LogP contribution in [0.5, 0.6) is 0 Å². The number of aryl methyl sites for hydroxylation is 1. The quantitative estimate of drug-likeness (QED) is 0.752. The van der Waals surface area contributed by atoms with Crippen molar-refractivity contribution in [2.24, 2.45) is 19.8 Å². The van der Waals surface area contributed by atoms with Gasteiger partial charge in [-0.1, -0.05) is 0 Å². The fraction of sp³-hybridized carbons (Fsp3) is 0.467. The van der Waals surface area contributed by atoms with Gasteiger partial charge in [-0.05, 0) is 12.8 Å². The Morgan fingerprint density at radius 1 is 1.25 bits per heavy atom. The molecule has 0 spiro atoms. The van der Waals surface area contributed by atoms with Crippen LogP contribution in [0.1, 0.15) is 12.8 Å². The van der Waals surface area contributed by atoms with Crippen molar-refractivity contribution in [3.63, 3.8) is 0 Å². The molecule has 128 valence electrons. The number of amides is 1. The number of aromatic nitrogens is 3. The highest BCUT2D eigenvalue weighted by atomic mass is 16.2. The van der Waals surface area contributed by atoms with Gasteiger partial charge in [0.05, 0.1) is 12.2 Å². The third-order valence-electron chi connectivity index (χ3n) is 4.28. The molecule has 9 heteroatoms. The molecule has 2 aromatic rings. The zero-order valence-corrected chi connectivity index (χ0v) is 13.7. The fourth-order valence-electron chi connectivity index (χ4n) is 2.97. The molecular formula is C15H20N6O3. The molecule has 24 heavy (non-hydrogen) atoms. The van der Waals surface area contributed by atoms with Crippen molar-refractivity contribution in [1.82, 2.24) is 14.1 Å². The molecule has 0 atom stereocenters. The second kappa shape index (κ2) is 5.99. The molecular weight excluding hydrogens is 312 g/mol. The van der Waals surface area contributed by atoms with E-state index in [2.05, 4.69) is 15.2 Å². The molecule has 1 saturated heterocycles. The van der Waals surface area contributed by atoms with Crippen molar-refractivity contribution >= 4 is 28.4 Å². The summed E-state index contributed by atoms with van der Waals surface area (Å²) in [5.41, 5.74) is 5.04. The van der Waals surface area contributed by atoms with Gasteiger partial charge in [-0.2, -0.15) is 0 Å². The van der Waals surface area contributed by atoms with Gasteiger partial charge in [-0.3, -0.25) is 18.7 Å². The number of nitrogens with two attached hydrogens (primary N) is 1. The second-order valence-corrected chi connectivity index (χ2v) is 5.95. The van der Waals surface area contributed by atoms with E-state index < -0.39 is 17.2 Å². The van der Waals surface area contributed by atoms with E-state index in [1.165, 1.54) is 11.6 Å². The first-order valence-electron chi connectivity index (χ1n) is 7.78. The summed E-state index contributed by atoms with van der Waals surface area (Å²) in [6, 6.07) is 1.74. The molecule has 3 N–H and O–H groups in total. The summed E-state index contributed by atoms with van der Waals surface area (Å²) in [6.45, 7) is 1.63. The molecule has 0 unspecified atom stereocenters. The maximum absolute atomic E-state index is 12.5. The third-order valence-corrected chi connectivity index (χ3v) is 4.28. The van der Waals surface area contributed by atoms with Crippen LogP contribution in [-0.4, -0.2) is 39.7 Å². The molecule has 2 aromatic heterocycles. The lowest BCUT2D eigenvalue weighted by Gasteiger charge is -2.20. The third kappa shape index (κ3) is 2.61. The summed E-state index contributed by atoms with van der Waals surface area (Å²) in [5, 5.41) is 3.16. The molecule has 0 bridgehead atoms. The topological polar surface area (TPSA) is 115 Å². The van der Waals surface area contributed by atoms with Crippen LogP contribution >= 0.6 is 0 Å². The number of fused-ring (bicyclic) bond motifs is 1. The van der Waals surface area contributed by atoms with Gasteiger partial charge < -0.3 is 16.0 Å². The Kier molecular flexibility index (Phi) is 4.00. The van der Waals surface area contributed by atoms with Gasteiger partial charge in [0.2, 0.25) is 5.91 Å². The highest BCUT2D eigenvalue weighted by molar-refractivity contribution is 5.92. The van der Waals surface area contributed by atoms with Crippen LogP contribution in [0.15, 0.2) is 15.7 Å². The first kappa shape index (κ1) is 16.0. The predicted octanol–water partition coefficient (Wildman–Crippen LogP) is -0.870. The van der Waals surface area contributed by atoms with Crippen molar-refractivity contribution in [2.45, 2.75) is 12.8 Å². The number of nitrogens with one attached hydrogen (secondary N) is 1. The summed E-state index contributed by atoms with van der Waals surface area (Å²) in [5.74, 6) is 0.138. The average molecular weight is 332 g/mol. The van der Waals surface area contributed by atoms with Crippen LogP contribution in [0.3, 0.4) is 0 Å². The molecule has 3 rings (SSSR count). The Morgan fingerprint density at radius 2 is 1.92 bits per heavy atom. The molecule has 9 nitrogen and oxygen atoms in total. The first-order chi connectivity index (χ1) is 11.4. The van der Waals surface area contributed by atoms with E-state index in [0.717, 1.165) is 30.5 Å². The maximum Gasteiger partial charge on any atom is 0.332 e. The van der Waals surface area contributed by atoms with E-state index in [4.69, 9.17) is 5.73 Å². The van der Waals surface area contributed by atoms with E-state index in [1.807, 2.05) is 0 Å². The summed E-state index contributed by atoms with van der Waals surface area (Å²) in [7, 11) is 2.99. The Hall–Kier alpha value is -2.84. The number of nitrogens with zero attached hydrogens (tertiary/aromatic N) is 4. The van der Waals surface area contributed by atoms with Crippen LogP contribution in [0.25, 0.3) is 11.0 Å². The lowest BCUT2D eigenvalue weighted by atomic mass is 10.2. The summed E-state index contributed by atoms with van der Waals surface area (Å²) < 4.78 is 2.36. The Labute approximate surface area is 137 Å². The smallest absolute Gasteiger partial charge is 0.332 e. The van der Waals surface area contributed by atoms with Crippen LogP contribution < -0.4 is 27.2 Å². The minimum absolute atomic E-state index is 0.107. The number of pyridine rings is 1. The number of rotatable bonds is 4. The molecule has 0 radical (unpaired) electrons. The van der Waals surface area contributed by atoms with E-state index in [9.17, 15) is 14.4 Å². The van der Waals surface area contributed by atoms with Gasteiger partial charge in [-0.15, -0.1) is 0 Å². The van der Waals surface area contributed by atoms with Crippen molar-refractivity contribution in [2.75, 3.05) is 29.9 Å². The molecule has 1 aliphatic rings. The van der Waals surface area contributed by atoms with Crippen molar-refractivity contribution in [1.29, 1.82) is 0 Å². The van der Waals surface area contributed by atoms with Crippen LogP contribution in [-0.2, 0) is 18.9 Å². The molecule has 0 aliphatic carbocycles. The number of primary amides is 1. The number of carbonyl (C=O) groups is 1. The second-order valence-electron chi connectivity index (χ2n) is 5.95. The van der Waals surface area contributed by atoms with Gasteiger partial charge in [0.15, 0.2) is 5.65 Å². The lowest BCUT2D eigenvalue weighted by Crippen LogP contribution is -2.38. The standard InChI is InChI=1S/C15H20N6O3/c1-19-13-12(14(23)20(2)15(19)24)9(17-8-10(16)22)7-11(18-13)21-5-3-4-6-21/h7H,3-6,8H2,1-2H3,(H2,16,22)(H,17,18). The largest absolute Gasteiger partial charge is 0.375 e. The Morgan fingerprint density at radius 3 is 2.54 bits per heavy atom. The predicted molar refractivity (Wildman–Crippen MR) is 91.4 cm³/mol. The molecule has 1 amide bonds.